The summed E-state index contributed by atoms with van der Waals surface area (Å²) in [6, 6.07) is 0.280. The van der Waals surface area contributed by atoms with E-state index < -0.39 is 0 Å². The fourth-order valence-electron chi connectivity index (χ4n) is 1.89. The molecule has 0 amide bonds. The molecule has 3 heteroatoms. The fourth-order valence-corrected chi connectivity index (χ4v) is 1.89. The number of hydrogen-bond acceptors (Lipinski definition) is 3. The third-order valence-electron chi connectivity index (χ3n) is 3.34. The van der Waals surface area contributed by atoms with Gasteiger partial charge in [-0.15, -0.1) is 0 Å². The molecule has 1 atom stereocenters. The lowest BCUT2D eigenvalue weighted by molar-refractivity contribution is 0.0676. The van der Waals surface area contributed by atoms with Crippen molar-refractivity contribution < 1.29 is 5.11 Å². The van der Waals surface area contributed by atoms with E-state index in [9.17, 15) is 5.11 Å². The molecular formula is C10H22N2O. The highest BCUT2D eigenvalue weighted by Gasteiger charge is 2.32. The van der Waals surface area contributed by atoms with Gasteiger partial charge in [0.25, 0.3) is 0 Å². The van der Waals surface area contributed by atoms with Crippen molar-refractivity contribution in [3.05, 3.63) is 0 Å². The van der Waals surface area contributed by atoms with Crippen LogP contribution in [0.1, 0.15) is 20.3 Å². The van der Waals surface area contributed by atoms with Gasteiger partial charge >= 0.3 is 0 Å². The summed E-state index contributed by atoms with van der Waals surface area (Å²) in [5.41, 5.74) is 0.207. The Morgan fingerprint density at radius 3 is 2.54 bits per heavy atom. The summed E-state index contributed by atoms with van der Waals surface area (Å²) in [4.78, 5) is 4.60. The zero-order valence-corrected chi connectivity index (χ0v) is 9.25. The van der Waals surface area contributed by atoms with Crippen LogP contribution in [-0.2, 0) is 0 Å². The minimum atomic E-state index is 0.207. The Hall–Kier alpha value is -0.120. The molecule has 1 aliphatic rings. The van der Waals surface area contributed by atoms with Gasteiger partial charge in [-0.25, -0.2) is 0 Å². The van der Waals surface area contributed by atoms with Gasteiger partial charge in [0.1, 0.15) is 0 Å². The van der Waals surface area contributed by atoms with Crippen molar-refractivity contribution in [3.63, 3.8) is 0 Å². The van der Waals surface area contributed by atoms with E-state index in [0.29, 0.717) is 0 Å². The Labute approximate surface area is 81.3 Å². The number of nitrogens with zero attached hydrogens (tertiary/aromatic N) is 2. The summed E-state index contributed by atoms with van der Waals surface area (Å²) < 4.78 is 0. The second kappa shape index (κ2) is 3.95. The number of rotatable bonds is 1. The van der Waals surface area contributed by atoms with E-state index in [4.69, 9.17) is 0 Å². The first-order valence-corrected chi connectivity index (χ1v) is 4.99. The molecule has 1 heterocycles. The zero-order valence-electron chi connectivity index (χ0n) is 9.25. The standard InChI is InChI=1S/C10H22N2O/c1-10(2)5-6-11(3)7-9(8-13)12(10)4/h9,13H,5-8H2,1-4H3. The SMILES string of the molecule is CN1CCC(C)(C)N(C)C(CO)C1. The van der Waals surface area contributed by atoms with Crippen LogP contribution in [0.3, 0.4) is 0 Å². The monoisotopic (exact) mass is 186 g/mol. The molecule has 1 rings (SSSR count). The molecule has 13 heavy (non-hydrogen) atoms. The minimum absolute atomic E-state index is 0.207. The average molecular weight is 186 g/mol. The molecule has 1 N–H and O–H groups in total. The first-order chi connectivity index (χ1) is 5.97. The molecule has 1 unspecified atom stereocenters. The maximum Gasteiger partial charge on any atom is 0.0599 e. The largest absolute Gasteiger partial charge is 0.395 e. The number of hydrogen-bond donors (Lipinski definition) is 1. The molecule has 1 fully saturated rings. The van der Waals surface area contributed by atoms with E-state index in [0.717, 1.165) is 19.5 Å². The molecule has 0 aromatic heterocycles. The molecule has 3 nitrogen and oxygen atoms in total. The van der Waals surface area contributed by atoms with E-state index in [1.54, 1.807) is 0 Å². The van der Waals surface area contributed by atoms with Gasteiger partial charge in [0.15, 0.2) is 0 Å². The molecule has 0 spiro atoms. The topological polar surface area (TPSA) is 26.7 Å². The quantitative estimate of drug-likeness (QED) is 0.642. The molecule has 1 saturated heterocycles. The van der Waals surface area contributed by atoms with Crippen LogP contribution in [0.15, 0.2) is 0 Å². The van der Waals surface area contributed by atoms with Gasteiger partial charge in [-0.1, -0.05) is 0 Å². The van der Waals surface area contributed by atoms with E-state index >= 15 is 0 Å². The van der Waals surface area contributed by atoms with Gasteiger partial charge < -0.3 is 10.0 Å². The second-order valence-corrected chi connectivity index (χ2v) is 4.77. The summed E-state index contributed by atoms with van der Waals surface area (Å²) in [7, 11) is 4.23. The van der Waals surface area contributed by atoms with Gasteiger partial charge in [0.05, 0.1) is 6.61 Å². The van der Waals surface area contributed by atoms with Crippen LogP contribution in [-0.4, -0.2) is 60.3 Å². The van der Waals surface area contributed by atoms with Crippen LogP contribution < -0.4 is 0 Å². The molecule has 78 valence electrons. The first kappa shape index (κ1) is 11.0. The van der Waals surface area contributed by atoms with Crippen molar-refractivity contribution in [2.24, 2.45) is 0 Å². The highest BCUT2D eigenvalue weighted by atomic mass is 16.3. The van der Waals surface area contributed by atoms with Gasteiger partial charge in [-0.05, 0) is 40.9 Å². The van der Waals surface area contributed by atoms with Crippen LogP contribution in [0.4, 0.5) is 0 Å². The molecule has 0 saturated carbocycles. The maximum atomic E-state index is 9.27. The normalized spacial score (nSPS) is 31.6. The lowest BCUT2D eigenvalue weighted by Gasteiger charge is -2.38. The second-order valence-electron chi connectivity index (χ2n) is 4.77. The van der Waals surface area contributed by atoms with Crippen LogP contribution in [0.2, 0.25) is 0 Å². The lowest BCUT2D eigenvalue weighted by Crippen LogP contribution is -2.49. The molecular weight excluding hydrogens is 164 g/mol. The minimum Gasteiger partial charge on any atom is -0.395 e. The van der Waals surface area contributed by atoms with Gasteiger partial charge in [-0.2, -0.15) is 0 Å². The molecule has 0 radical (unpaired) electrons. The molecule has 0 aromatic rings. The van der Waals surface area contributed by atoms with Crippen molar-refractivity contribution in [1.82, 2.24) is 9.80 Å². The van der Waals surface area contributed by atoms with Crippen LogP contribution in [0.25, 0.3) is 0 Å². The van der Waals surface area contributed by atoms with Gasteiger partial charge in [0.2, 0.25) is 0 Å². The smallest absolute Gasteiger partial charge is 0.0599 e. The van der Waals surface area contributed by atoms with Crippen molar-refractivity contribution >= 4 is 0 Å². The van der Waals surface area contributed by atoms with E-state index in [-0.39, 0.29) is 18.2 Å². The Kier molecular flexibility index (Phi) is 3.33. The van der Waals surface area contributed by atoms with Crippen LogP contribution >= 0.6 is 0 Å². The van der Waals surface area contributed by atoms with Crippen molar-refractivity contribution in [2.75, 3.05) is 33.8 Å². The molecule has 0 aliphatic carbocycles. The van der Waals surface area contributed by atoms with Crippen molar-refractivity contribution in [2.45, 2.75) is 31.8 Å². The maximum absolute atomic E-state index is 9.27. The molecule has 0 aromatic carbocycles. The summed E-state index contributed by atoms with van der Waals surface area (Å²) in [6.45, 7) is 6.83. The molecule has 1 aliphatic heterocycles. The van der Waals surface area contributed by atoms with Crippen LogP contribution in [0, 0.1) is 0 Å². The number of likely N-dealkylation sites (N-methyl/N-ethyl adjacent to an activating group) is 2. The third kappa shape index (κ3) is 2.42. The highest BCUT2D eigenvalue weighted by Crippen LogP contribution is 2.23. The fraction of sp³-hybridized carbons (Fsp3) is 1.00. The Morgan fingerprint density at radius 2 is 2.00 bits per heavy atom. The zero-order chi connectivity index (χ0) is 10.1. The average Bonchev–Trinajstić information content (AvgIpc) is 2.17. The van der Waals surface area contributed by atoms with Gasteiger partial charge in [-0.3, -0.25) is 4.90 Å². The predicted molar refractivity (Wildman–Crippen MR) is 54.8 cm³/mol. The van der Waals surface area contributed by atoms with E-state index in [1.807, 2.05) is 0 Å². The highest BCUT2D eigenvalue weighted by molar-refractivity contribution is 4.89. The molecule has 0 bridgehead atoms. The summed E-state index contributed by atoms with van der Waals surface area (Å²) >= 11 is 0. The van der Waals surface area contributed by atoms with Crippen molar-refractivity contribution in [3.8, 4) is 0 Å². The van der Waals surface area contributed by atoms with Gasteiger partial charge in [0, 0.05) is 18.1 Å². The summed E-state index contributed by atoms with van der Waals surface area (Å²) in [5, 5.41) is 9.27. The third-order valence-corrected chi connectivity index (χ3v) is 3.34. The summed E-state index contributed by atoms with van der Waals surface area (Å²) in [5.74, 6) is 0. The Bertz CT molecular complexity index is 170. The van der Waals surface area contributed by atoms with E-state index in [1.165, 1.54) is 0 Å². The van der Waals surface area contributed by atoms with Crippen molar-refractivity contribution in [1.29, 1.82) is 0 Å². The van der Waals surface area contributed by atoms with Crippen LogP contribution in [0.5, 0.6) is 0 Å². The lowest BCUT2D eigenvalue weighted by atomic mass is 9.98. The van der Waals surface area contributed by atoms with E-state index in [2.05, 4.69) is 37.7 Å². The Balaban J connectivity index is 2.73. The first-order valence-electron chi connectivity index (χ1n) is 4.99. The Morgan fingerprint density at radius 1 is 1.38 bits per heavy atom. The number of aliphatic hydroxyl groups excluding tert-OH is 1. The summed E-state index contributed by atoms with van der Waals surface area (Å²) in [6.07, 6.45) is 1.16. The number of aliphatic hydroxyl groups is 1. The predicted octanol–water partition coefficient (Wildman–Crippen LogP) is 0.393.